The minimum Gasteiger partial charge on any atom is -0.493 e. The Morgan fingerprint density at radius 2 is 2.05 bits per heavy atom. The number of hydrogen-bond acceptors (Lipinski definition) is 4. The van der Waals surface area contributed by atoms with Gasteiger partial charge >= 0.3 is 5.97 Å². The molecule has 0 heterocycles. The molecular formula is C17H27NO3. The Bertz CT molecular complexity index is 432. The zero-order chi connectivity index (χ0) is 15.5. The molecule has 118 valence electrons. The Morgan fingerprint density at radius 1 is 1.24 bits per heavy atom. The molecule has 0 fully saturated rings. The molecule has 0 saturated heterocycles. The maximum absolute atomic E-state index is 11.2. The number of esters is 1. The van der Waals surface area contributed by atoms with E-state index in [0.717, 1.165) is 31.6 Å². The average Bonchev–Trinajstić information content (AvgIpc) is 2.45. The molecule has 1 aromatic carbocycles. The molecule has 1 N–H and O–H groups in total. The third kappa shape index (κ3) is 7.14. The standard InChI is InChI=1S/C17H27NO3/c1-4-20-17(19)8-6-5-7-11-21-16-10-9-14(2)12-15(16)13-18-3/h9-10,12,18H,4-8,11,13H2,1-3H3. The fraction of sp³-hybridized carbons (Fsp3) is 0.588. The summed E-state index contributed by atoms with van der Waals surface area (Å²) in [5.41, 5.74) is 2.42. The van der Waals surface area contributed by atoms with Crippen LogP contribution in [0.2, 0.25) is 0 Å². The molecule has 4 heteroatoms. The maximum atomic E-state index is 11.2. The number of nitrogens with one attached hydrogen (secondary N) is 1. The van der Waals surface area contributed by atoms with Crippen LogP contribution in [0.25, 0.3) is 0 Å². The first kappa shape index (κ1) is 17.5. The molecule has 0 radical (unpaired) electrons. The normalized spacial score (nSPS) is 10.4. The third-order valence-corrected chi connectivity index (χ3v) is 3.17. The summed E-state index contributed by atoms with van der Waals surface area (Å²) < 4.78 is 10.7. The lowest BCUT2D eigenvalue weighted by Crippen LogP contribution is -2.08. The molecule has 0 spiro atoms. The number of rotatable bonds is 10. The third-order valence-electron chi connectivity index (χ3n) is 3.17. The zero-order valence-corrected chi connectivity index (χ0v) is 13.4. The Hall–Kier alpha value is -1.55. The molecule has 0 bridgehead atoms. The monoisotopic (exact) mass is 293 g/mol. The van der Waals surface area contributed by atoms with Crippen molar-refractivity contribution in [1.29, 1.82) is 0 Å². The van der Waals surface area contributed by atoms with Crippen molar-refractivity contribution in [2.45, 2.75) is 46.1 Å². The first-order valence-corrected chi connectivity index (χ1v) is 7.70. The summed E-state index contributed by atoms with van der Waals surface area (Å²) in [4.78, 5) is 11.2. The zero-order valence-electron chi connectivity index (χ0n) is 13.4. The second-order valence-corrected chi connectivity index (χ2v) is 5.11. The van der Waals surface area contributed by atoms with E-state index < -0.39 is 0 Å². The van der Waals surface area contributed by atoms with Gasteiger partial charge in [-0.15, -0.1) is 0 Å². The first-order chi connectivity index (χ1) is 10.2. The topological polar surface area (TPSA) is 47.6 Å². The predicted molar refractivity (Wildman–Crippen MR) is 84.5 cm³/mol. The SMILES string of the molecule is CCOC(=O)CCCCCOc1ccc(C)cc1CNC. The van der Waals surface area contributed by atoms with E-state index in [2.05, 4.69) is 24.4 Å². The van der Waals surface area contributed by atoms with Gasteiger partial charge < -0.3 is 14.8 Å². The van der Waals surface area contributed by atoms with Gasteiger partial charge in [-0.2, -0.15) is 0 Å². The smallest absolute Gasteiger partial charge is 0.305 e. The first-order valence-electron chi connectivity index (χ1n) is 7.70. The molecule has 0 atom stereocenters. The van der Waals surface area contributed by atoms with Gasteiger partial charge in [0.15, 0.2) is 0 Å². The van der Waals surface area contributed by atoms with Crippen LogP contribution in [-0.2, 0) is 16.1 Å². The van der Waals surface area contributed by atoms with Crippen LogP contribution in [0.1, 0.15) is 43.7 Å². The van der Waals surface area contributed by atoms with Gasteiger partial charge in [0.05, 0.1) is 13.2 Å². The van der Waals surface area contributed by atoms with E-state index in [4.69, 9.17) is 9.47 Å². The molecule has 21 heavy (non-hydrogen) atoms. The summed E-state index contributed by atoms with van der Waals surface area (Å²) in [6.45, 7) is 5.86. The minimum absolute atomic E-state index is 0.103. The van der Waals surface area contributed by atoms with Crippen LogP contribution in [-0.4, -0.2) is 26.2 Å². The molecule has 0 amide bonds. The van der Waals surface area contributed by atoms with Crippen LogP contribution in [0.3, 0.4) is 0 Å². The fourth-order valence-corrected chi connectivity index (χ4v) is 2.14. The van der Waals surface area contributed by atoms with Crippen molar-refractivity contribution >= 4 is 5.97 Å². The van der Waals surface area contributed by atoms with Gasteiger partial charge in [-0.25, -0.2) is 0 Å². The van der Waals surface area contributed by atoms with Crippen molar-refractivity contribution in [2.24, 2.45) is 0 Å². The highest BCUT2D eigenvalue weighted by Crippen LogP contribution is 2.20. The molecule has 1 rings (SSSR count). The number of ether oxygens (including phenoxy) is 2. The summed E-state index contributed by atoms with van der Waals surface area (Å²) in [6, 6.07) is 6.24. The summed E-state index contributed by atoms with van der Waals surface area (Å²) >= 11 is 0. The molecule has 1 aromatic rings. The highest BCUT2D eigenvalue weighted by molar-refractivity contribution is 5.69. The highest BCUT2D eigenvalue weighted by Gasteiger charge is 2.04. The van der Waals surface area contributed by atoms with E-state index in [1.807, 2.05) is 20.0 Å². The lowest BCUT2D eigenvalue weighted by molar-refractivity contribution is -0.143. The van der Waals surface area contributed by atoms with E-state index in [-0.39, 0.29) is 5.97 Å². The molecule has 0 aliphatic heterocycles. The van der Waals surface area contributed by atoms with Crippen LogP contribution >= 0.6 is 0 Å². The van der Waals surface area contributed by atoms with Crippen molar-refractivity contribution in [1.82, 2.24) is 5.32 Å². The van der Waals surface area contributed by atoms with Crippen molar-refractivity contribution < 1.29 is 14.3 Å². The molecule has 0 aliphatic carbocycles. The van der Waals surface area contributed by atoms with Gasteiger partial charge in [0, 0.05) is 18.5 Å². The molecule has 0 aliphatic rings. The van der Waals surface area contributed by atoms with Crippen LogP contribution < -0.4 is 10.1 Å². The number of carbonyl (C=O) groups is 1. The lowest BCUT2D eigenvalue weighted by Gasteiger charge is -2.12. The average molecular weight is 293 g/mol. The number of hydrogen-bond donors (Lipinski definition) is 1. The highest BCUT2D eigenvalue weighted by atomic mass is 16.5. The van der Waals surface area contributed by atoms with Crippen molar-refractivity contribution in [2.75, 3.05) is 20.3 Å². The predicted octanol–water partition coefficient (Wildman–Crippen LogP) is 3.22. The van der Waals surface area contributed by atoms with Gasteiger partial charge in [0.25, 0.3) is 0 Å². The van der Waals surface area contributed by atoms with Crippen LogP contribution in [0.5, 0.6) is 5.75 Å². The quantitative estimate of drug-likeness (QED) is 0.531. The van der Waals surface area contributed by atoms with Gasteiger partial charge in [-0.1, -0.05) is 17.7 Å². The van der Waals surface area contributed by atoms with Gasteiger partial charge in [0.2, 0.25) is 0 Å². The van der Waals surface area contributed by atoms with Crippen molar-refractivity contribution in [3.63, 3.8) is 0 Å². The van der Waals surface area contributed by atoms with Crippen molar-refractivity contribution in [3.8, 4) is 5.75 Å². The van der Waals surface area contributed by atoms with E-state index in [1.54, 1.807) is 0 Å². The fourth-order valence-electron chi connectivity index (χ4n) is 2.14. The van der Waals surface area contributed by atoms with E-state index in [0.29, 0.717) is 19.6 Å². The second-order valence-electron chi connectivity index (χ2n) is 5.11. The lowest BCUT2D eigenvalue weighted by atomic mass is 10.1. The molecule has 0 unspecified atom stereocenters. The number of unbranched alkanes of at least 4 members (excludes halogenated alkanes) is 2. The van der Waals surface area contributed by atoms with E-state index in [9.17, 15) is 4.79 Å². The number of benzene rings is 1. The number of aryl methyl sites for hydroxylation is 1. The van der Waals surface area contributed by atoms with Crippen LogP contribution in [0.4, 0.5) is 0 Å². The van der Waals surface area contributed by atoms with Gasteiger partial charge in [-0.05, 0) is 46.2 Å². The summed E-state index contributed by atoms with van der Waals surface area (Å²) in [6.07, 6.45) is 3.29. The largest absolute Gasteiger partial charge is 0.493 e. The molecular weight excluding hydrogens is 266 g/mol. The summed E-state index contributed by atoms with van der Waals surface area (Å²) in [5, 5.41) is 3.16. The molecule has 0 aromatic heterocycles. The Labute approximate surface area is 127 Å². The Kier molecular flexibility index (Phi) is 8.51. The summed E-state index contributed by atoms with van der Waals surface area (Å²) in [5.74, 6) is 0.841. The second kappa shape index (κ2) is 10.2. The minimum atomic E-state index is -0.103. The van der Waals surface area contributed by atoms with Gasteiger partial charge in [-0.3, -0.25) is 4.79 Å². The van der Waals surface area contributed by atoms with Gasteiger partial charge in [0.1, 0.15) is 5.75 Å². The van der Waals surface area contributed by atoms with E-state index in [1.165, 1.54) is 11.1 Å². The Balaban J connectivity index is 2.25. The van der Waals surface area contributed by atoms with Crippen molar-refractivity contribution in [3.05, 3.63) is 29.3 Å². The Morgan fingerprint density at radius 3 is 2.76 bits per heavy atom. The van der Waals surface area contributed by atoms with E-state index >= 15 is 0 Å². The van der Waals surface area contributed by atoms with Crippen LogP contribution in [0.15, 0.2) is 18.2 Å². The molecule has 4 nitrogen and oxygen atoms in total. The van der Waals surface area contributed by atoms with Crippen LogP contribution in [0, 0.1) is 6.92 Å². The maximum Gasteiger partial charge on any atom is 0.305 e. The summed E-state index contributed by atoms with van der Waals surface area (Å²) in [7, 11) is 1.93. The molecule has 0 saturated carbocycles. The number of carbonyl (C=O) groups excluding carboxylic acids is 1.